The van der Waals surface area contributed by atoms with Crippen molar-refractivity contribution in [1.82, 2.24) is 24.8 Å². The highest BCUT2D eigenvalue weighted by atomic mass is 16.2. The van der Waals surface area contributed by atoms with E-state index >= 15 is 0 Å². The number of unbranched alkanes of at least 4 members (excludes halogenated alkanes) is 8. The van der Waals surface area contributed by atoms with Crippen LogP contribution in [0.1, 0.15) is 127 Å². The Hall–Kier alpha value is -5.97. The number of aryl methyl sites for hydroxylation is 2. The van der Waals surface area contributed by atoms with Crippen molar-refractivity contribution in [2.24, 2.45) is 19.1 Å². The predicted octanol–water partition coefficient (Wildman–Crippen LogP) is 9.64. The van der Waals surface area contributed by atoms with Crippen LogP contribution in [0, 0.1) is 0 Å². The van der Waals surface area contributed by atoms with E-state index in [0.29, 0.717) is 41.3 Å². The normalized spacial score (nSPS) is 11.6. The van der Waals surface area contributed by atoms with Gasteiger partial charge in [0.2, 0.25) is 0 Å². The molecule has 0 atom stereocenters. The number of aromatic nitrogens is 3. The van der Waals surface area contributed by atoms with Crippen molar-refractivity contribution in [3.05, 3.63) is 113 Å². The molecule has 11 heteroatoms. The summed E-state index contributed by atoms with van der Waals surface area (Å²) >= 11 is 0. The molecule has 0 saturated carbocycles. The number of carbonyl (C=O) groups is 3. The standard InChI is InChI=1S/C47H60N8O3/c1-5-7-9-11-15-26-48-44(49-27-16-12-10-8-6-2)25-28-50-46(57)42-30-40(34-54(42)3)53-47(58)43-31-39(33-55(43)4)52-45(56)37-23-21-35(22-24-37)19-20-36-29-38-17-13-14-18-41(38)51-32-36/h13-14,17-24,29-34H,5-12,15-16,25-28H2,1-4H3,(H,48,49)(H,50,57)(H,52,56)(H,53,58)/b20-19+. The highest BCUT2D eigenvalue weighted by molar-refractivity contribution is 6.07. The van der Waals surface area contributed by atoms with Gasteiger partial charge in [0, 0.05) is 69.7 Å². The number of para-hydroxylation sites is 1. The Labute approximate surface area is 343 Å². The molecule has 306 valence electrons. The van der Waals surface area contributed by atoms with Gasteiger partial charge in [-0.1, -0.05) is 108 Å². The lowest BCUT2D eigenvalue weighted by Gasteiger charge is -2.12. The van der Waals surface area contributed by atoms with Crippen LogP contribution in [0.4, 0.5) is 11.4 Å². The molecule has 0 aliphatic rings. The number of anilines is 2. The summed E-state index contributed by atoms with van der Waals surface area (Å²) < 4.78 is 3.35. The van der Waals surface area contributed by atoms with Gasteiger partial charge in [-0.05, 0) is 60.4 Å². The minimum absolute atomic E-state index is 0.225. The van der Waals surface area contributed by atoms with Crippen LogP contribution >= 0.6 is 0 Å². The number of nitrogens with one attached hydrogen (secondary N) is 4. The minimum Gasteiger partial charge on any atom is -0.374 e. The monoisotopic (exact) mass is 784 g/mol. The smallest absolute Gasteiger partial charge is 0.272 e. The Morgan fingerprint density at radius 2 is 1.28 bits per heavy atom. The van der Waals surface area contributed by atoms with Crippen molar-refractivity contribution in [2.75, 3.05) is 30.3 Å². The van der Waals surface area contributed by atoms with Gasteiger partial charge in [-0.15, -0.1) is 0 Å². The molecule has 2 aromatic carbocycles. The first-order chi connectivity index (χ1) is 28.2. The van der Waals surface area contributed by atoms with Gasteiger partial charge >= 0.3 is 0 Å². The van der Waals surface area contributed by atoms with Crippen molar-refractivity contribution >= 4 is 58.0 Å². The van der Waals surface area contributed by atoms with E-state index in [2.05, 4.69) is 46.2 Å². The molecule has 0 unspecified atom stereocenters. The van der Waals surface area contributed by atoms with Crippen LogP contribution in [-0.2, 0) is 14.1 Å². The topological polar surface area (TPSA) is 134 Å². The van der Waals surface area contributed by atoms with Gasteiger partial charge in [0.05, 0.1) is 22.7 Å². The fourth-order valence-electron chi connectivity index (χ4n) is 6.73. The second-order valence-electron chi connectivity index (χ2n) is 14.9. The minimum atomic E-state index is -0.366. The van der Waals surface area contributed by atoms with E-state index < -0.39 is 0 Å². The molecule has 5 rings (SSSR count). The molecular weight excluding hydrogens is 725 g/mol. The second-order valence-corrected chi connectivity index (χ2v) is 14.9. The first-order valence-electron chi connectivity index (χ1n) is 20.9. The maximum Gasteiger partial charge on any atom is 0.272 e. The van der Waals surface area contributed by atoms with Crippen molar-refractivity contribution in [1.29, 1.82) is 0 Å². The average molecular weight is 785 g/mol. The number of benzene rings is 2. The summed E-state index contributed by atoms with van der Waals surface area (Å²) in [5, 5.41) is 13.4. The Kier molecular flexibility index (Phi) is 16.9. The van der Waals surface area contributed by atoms with E-state index in [0.717, 1.165) is 53.8 Å². The first kappa shape index (κ1) is 43.2. The summed E-state index contributed by atoms with van der Waals surface area (Å²) in [7, 11) is 3.52. The number of amides is 3. The molecule has 0 spiro atoms. The van der Waals surface area contributed by atoms with Crippen molar-refractivity contribution in [3.63, 3.8) is 0 Å². The number of aliphatic imine (C=N–C) groups is 1. The van der Waals surface area contributed by atoms with Crippen LogP contribution in [0.15, 0.2) is 90.3 Å². The molecule has 0 saturated heterocycles. The number of pyridine rings is 1. The summed E-state index contributed by atoms with van der Waals surface area (Å²) in [5.41, 5.74) is 5.14. The quantitative estimate of drug-likeness (QED) is 0.0315. The molecule has 4 N–H and O–H groups in total. The lowest BCUT2D eigenvalue weighted by atomic mass is 10.1. The van der Waals surface area contributed by atoms with Gasteiger partial charge in [0.1, 0.15) is 11.4 Å². The van der Waals surface area contributed by atoms with Gasteiger partial charge in [0.15, 0.2) is 0 Å². The highest BCUT2D eigenvalue weighted by Crippen LogP contribution is 2.20. The second kappa shape index (κ2) is 22.7. The van der Waals surface area contributed by atoms with E-state index in [1.165, 1.54) is 51.4 Å². The SMILES string of the molecule is CCCCCCC/N=C(/CCNC(=O)c1cc(NC(=O)c2cc(NC(=O)c3ccc(/C=C/c4cnc5ccccc5c4)cc3)cn2C)cn1C)NCCCCCCC. The Balaban J connectivity index is 1.10. The summed E-state index contributed by atoms with van der Waals surface area (Å²) in [6, 6.07) is 20.7. The van der Waals surface area contributed by atoms with Crippen molar-refractivity contribution in [2.45, 2.75) is 84.5 Å². The molecule has 58 heavy (non-hydrogen) atoms. The van der Waals surface area contributed by atoms with E-state index in [4.69, 9.17) is 4.99 Å². The van der Waals surface area contributed by atoms with E-state index in [1.807, 2.05) is 54.7 Å². The van der Waals surface area contributed by atoms with E-state index in [-0.39, 0.29) is 17.7 Å². The third-order valence-corrected chi connectivity index (χ3v) is 10.1. The maximum absolute atomic E-state index is 13.3. The Bertz CT molecular complexity index is 2160. The fraction of sp³-hybridized carbons (Fsp3) is 0.383. The molecule has 11 nitrogen and oxygen atoms in total. The van der Waals surface area contributed by atoms with E-state index in [9.17, 15) is 14.4 Å². The van der Waals surface area contributed by atoms with E-state index in [1.54, 1.807) is 59.9 Å². The van der Waals surface area contributed by atoms with Gasteiger partial charge in [0.25, 0.3) is 17.7 Å². The summed E-state index contributed by atoms with van der Waals surface area (Å²) in [4.78, 5) is 49.0. The zero-order valence-electron chi connectivity index (χ0n) is 34.7. The zero-order chi connectivity index (χ0) is 41.1. The van der Waals surface area contributed by atoms with Gasteiger partial charge in [-0.25, -0.2) is 0 Å². The number of hydrogen-bond donors (Lipinski definition) is 4. The summed E-state index contributed by atoms with van der Waals surface area (Å²) in [6.45, 7) is 6.58. The maximum atomic E-state index is 13.3. The zero-order valence-corrected chi connectivity index (χ0v) is 34.7. The number of carbonyl (C=O) groups excluding carboxylic acids is 3. The largest absolute Gasteiger partial charge is 0.374 e. The number of nitrogens with zero attached hydrogens (tertiary/aromatic N) is 4. The van der Waals surface area contributed by atoms with Gasteiger partial charge in [-0.2, -0.15) is 0 Å². The third kappa shape index (κ3) is 13.3. The van der Waals surface area contributed by atoms with Crippen LogP contribution in [0.25, 0.3) is 23.1 Å². The lowest BCUT2D eigenvalue weighted by Crippen LogP contribution is -2.32. The summed E-state index contributed by atoms with van der Waals surface area (Å²) in [6.07, 6.45) is 21.9. The summed E-state index contributed by atoms with van der Waals surface area (Å²) in [5.74, 6) is 0.0667. The molecule has 3 amide bonds. The van der Waals surface area contributed by atoms with Crippen molar-refractivity contribution in [3.8, 4) is 0 Å². The van der Waals surface area contributed by atoms with Crippen LogP contribution in [0.3, 0.4) is 0 Å². The van der Waals surface area contributed by atoms with Crippen LogP contribution in [0.5, 0.6) is 0 Å². The molecule has 0 bridgehead atoms. The molecule has 0 aliphatic carbocycles. The predicted molar refractivity (Wildman–Crippen MR) is 239 cm³/mol. The third-order valence-electron chi connectivity index (χ3n) is 10.1. The van der Waals surface area contributed by atoms with Crippen molar-refractivity contribution < 1.29 is 14.4 Å². The Morgan fingerprint density at radius 1 is 0.655 bits per heavy atom. The lowest BCUT2D eigenvalue weighted by molar-refractivity contribution is 0.0945. The number of fused-ring (bicyclic) bond motifs is 1. The highest BCUT2D eigenvalue weighted by Gasteiger charge is 2.17. The molecule has 0 fully saturated rings. The molecule has 0 aliphatic heterocycles. The Morgan fingerprint density at radius 3 is 1.98 bits per heavy atom. The van der Waals surface area contributed by atoms with Gasteiger partial charge in [-0.3, -0.25) is 24.4 Å². The van der Waals surface area contributed by atoms with Crippen LogP contribution in [-0.4, -0.2) is 57.3 Å². The molecular formula is C47H60N8O3. The van der Waals surface area contributed by atoms with Crippen LogP contribution in [0.2, 0.25) is 0 Å². The van der Waals surface area contributed by atoms with Gasteiger partial charge < -0.3 is 30.4 Å². The molecule has 5 aromatic rings. The molecule has 0 radical (unpaired) electrons. The molecule has 3 aromatic heterocycles. The average Bonchev–Trinajstić information content (AvgIpc) is 3.79. The number of hydrogen-bond acceptors (Lipinski definition) is 5. The number of amidine groups is 1. The molecule has 3 heterocycles. The first-order valence-corrected chi connectivity index (χ1v) is 20.9. The number of rotatable bonds is 22. The fourth-order valence-corrected chi connectivity index (χ4v) is 6.73. The van der Waals surface area contributed by atoms with Crippen LogP contribution < -0.4 is 21.3 Å².